The maximum atomic E-state index is 12.7. The highest BCUT2D eigenvalue weighted by molar-refractivity contribution is 5.93. The van der Waals surface area contributed by atoms with E-state index in [0.717, 1.165) is 16.9 Å². The third-order valence-corrected chi connectivity index (χ3v) is 4.60. The predicted octanol–water partition coefficient (Wildman–Crippen LogP) is 2.28. The van der Waals surface area contributed by atoms with Crippen LogP contribution >= 0.6 is 0 Å². The molecule has 24 heavy (non-hydrogen) atoms. The van der Waals surface area contributed by atoms with Gasteiger partial charge in [-0.25, -0.2) is 4.68 Å². The molecule has 2 heterocycles. The lowest BCUT2D eigenvalue weighted by molar-refractivity contribution is -0.142. The lowest BCUT2D eigenvalue weighted by Crippen LogP contribution is -2.30. The summed E-state index contributed by atoms with van der Waals surface area (Å²) in [6.45, 7) is 6.47. The van der Waals surface area contributed by atoms with Crippen LogP contribution in [0.25, 0.3) is 5.69 Å². The van der Waals surface area contributed by atoms with E-state index < -0.39 is 11.9 Å². The molecule has 6 heteroatoms. The quantitative estimate of drug-likeness (QED) is 0.938. The molecule has 1 aliphatic rings. The van der Waals surface area contributed by atoms with Crippen molar-refractivity contribution in [2.24, 2.45) is 11.8 Å². The first-order chi connectivity index (χ1) is 11.4. The van der Waals surface area contributed by atoms with E-state index in [4.69, 9.17) is 0 Å². The maximum absolute atomic E-state index is 12.7. The fourth-order valence-electron chi connectivity index (χ4n) is 3.14. The molecule has 0 spiro atoms. The van der Waals surface area contributed by atoms with E-state index in [-0.39, 0.29) is 18.4 Å². The lowest BCUT2D eigenvalue weighted by atomic mass is 9.99. The van der Waals surface area contributed by atoms with Crippen LogP contribution in [0.5, 0.6) is 0 Å². The highest BCUT2D eigenvalue weighted by atomic mass is 16.4. The van der Waals surface area contributed by atoms with Gasteiger partial charge in [0.15, 0.2) is 5.69 Å². The second kappa shape index (κ2) is 6.11. The molecule has 2 aromatic rings. The Balaban J connectivity index is 1.83. The largest absolute Gasteiger partial charge is 0.481 e. The number of rotatable bonds is 3. The summed E-state index contributed by atoms with van der Waals surface area (Å²) in [5, 5.41) is 13.6. The van der Waals surface area contributed by atoms with Crippen molar-refractivity contribution < 1.29 is 14.7 Å². The number of carbonyl (C=O) groups excluding carboxylic acids is 1. The summed E-state index contributed by atoms with van der Waals surface area (Å²) in [7, 11) is 0. The number of hydrogen-bond acceptors (Lipinski definition) is 3. The van der Waals surface area contributed by atoms with Crippen LogP contribution in [0, 0.1) is 25.7 Å². The summed E-state index contributed by atoms with van der Waals surface area (Å²) >= 11 is 0. The van der Waals surface area contributed by atoms with Gasteiger partial charge in [0.2, 0.25) is 0 Å². The van der Waals surface area contributed by atoms with Gasteiger partial charge < -0.3 is 10.0 Å². The first kappa shape index (κ1) is 16.2. The monoisotopic (exact) mass is 327 g/mol. The number of nitrogens with zero attached hydrogens (tertiary/aromatic N) is 3. The molecule has 1 aliphatic heterocycles. The Kier molecular flexibility index (Phi) is 4.13. The fourth-order valence-corrected chi connectivity index (χ4v) is 3.14. The summed E-state index contributed by atoms with van der Waals surface area (Å²) in [6, 6.07) is 9.67. The Morgan fingerprint density at radius 2 is 1.83 bits per heavy atom. The van der Waals surface area contributed by atoms with Crippen LogP contribution in [0.15, 0.2) is 30.3 Å². The number of aryl methyl sites for hydroxylation is 2. The van der Waals surface area contributed by atoms with E-state index in [2.05, 4.69) is 5.10 Å². The Morgan fingerprint density at radius 1 is 1.17 bits per heavy atom. The molecule has 1 saturated heterocycles. The lowest BCUT2D eigenvalue weighted by Gasteiger charge is -2.14. The molecule has 126 valence electrons. The third-order valence-electron chi connectivity index (χ3n) is 4.60. The molecule has 1 aromatic carbocycles. The predicted molar refractivity (Wildman–Crippen MR) is 89.2 cm³/mol. The van der Waals surface area contributed by atoms with Crippen LogP contribution in [-0.4, -0.2) is 44.8 Å². The van der Waals surface area contributed by atoms with Crippen molar-refractivity contribution in [2.45, 2.75) is 20.8 Å². The molecular weight excluding hydrogens is 306 g/mol. The molecule has 3 rings (SSSR count). The van der Waals surface area contributed by atoms with E-state index in [9.17, 15) is 14.7 Å². The molecule has 1 fully saturated rings. The van der Waals surface area contributed by atoms with Gasteiger partial charge in [0, 0.05) is 18.8 Å². The summed E-state index contributed by atoms with van der Waals surface area (Å²) < 4.78 is 1.74. The van der Waals surface area contributed by atoms with Crippen molar-refractivity contribution in [2.75, 3.05) is 13.1 Å². The number of hydrogen-bond donors (Lipinski definition) is 1. The number of amides is 1. The number of carboxylic acids is 1. The Labute approximate surface area is 140 Å². The Hall–Kier alpha value is -2.63. The van der Waals surface area contributed by atoms with Gasteiger partial charge in [-0.1, -0.05) is 24.6 Å². The van der Waals surface area contributed by atoms with E-state index in [0.29, 0.717) is 12.2 Å². The van der Waals surface area contributed by atoms with Gasteiger partial charge >= 0.3 is 5.97 Å². The van der Waals surface area contributed by atoms with Crippen LogP contribution in [-0.2, 0) is 4.79 Å². The number of benzene rings is 1. The molecule has 1 N–H and O–H groups in total. The number of aromatic nitrogens is 2. The molecule has 0 bridgehead atoms. The van der Waals surface area contributed by atoms with Crippen molar-refractivity contribution in [1.82, 2.24) is 14.7 Å². The van der Waals surface area contributed by atoms with Crippen LogP contribution in [0.4, 0.5) is 0 Å². The fraction of sp³-hybridized carbons (Fsp3) is 0.389. The molecule has 1 aromatic heterocycles. The van der Waals surface area contributed by atoms with Crippen molar-refractivity contribution >= 4 is 11.9 Å². The smallest absolute Gasteiger partial charge is 0.308 e. The standard InChI is InChI=1S/C18H21N3O3/c1-11-4-6-14(7-5-11)21-13(3)8-16(19-21)17(22)20-9-12(2)15(10-20)18(23)24/h4-8,12,15H,9-10H2,1-3H3,(H,23,24)/t12-,15-/m1/s1. The normalized spacial score (nSPS) is 20.4. The minimum atomic E-state index is -0.848. The first-order valence-corrected chi connectivity index (χ1v) is 8.02. The van der Waals surface area contributed by atoms with Crippen LogP contribution < -0.4 is 0 Å². The van der Waals surface area contributed by atoms with Crippen molar-refractivity contribution in [1.29, 1.82) is 0 Å². The molecule has 0 saturated carbocycles. The van der Waals surface area contributed by atoms with Crippen LogP contribution in [0.2, 0.25) is 0 Å². The molecule has 2 atom stereocenters. The average Bonchev–Trinajstić information content (AvgIpc) is 3.11. The third kappa shape index (κ3) is 2.91. The second-order valence-corrected chi connectivity index (χ2v) is 6.55. The first-order valence-electron chi connectivity index (χ1n) is 8.02. The number of carboxylic acid groups (broad SMARTS) is 1. The van der Waals surface area contributed by atoms with Crippen molar-refractivity contribution in [3.63, 3.8) is 0 Å². The maximum Gasteiger partial charge on any atom is 0.308 e. The van der Waals surface area contributed by atoms with Gasteiger partial charge in [0.1, 0.15) is 0 Å². The summed E-state index contributed by atoms with van der Waals surface area (Å²) in [6.07, 6.45) is 0. The van der Waals surface area contributed by atoms with E-state index in [1.807, 2.05) is 45.0 Å². The van der Waals surface area contributed by atoms with Gasteiger partial charge in [-0.05, 0) is 38.0 Å². The van der Waals surface area contributed by atoms with Gasteiger partial charge in [-0.2, -0.15) is 5.10 Å². The minimum absolute atomic E-state index is 0.0493. The Bertz CT molecular complexity index is 779. The summed E-state index contributed by atoms with van der Waals surface area (Å²) in [4.78, 5) is 25.5. The van der Waals surface area contributed by atoms with Crippen molar-refractivity contribution in [3.8, 4) is 5.69 Å². The van der Waals surface area contributed by atoms with Crippen molar-refractivity contribution in [3.05, 3.63) is 47.3 Å². The minimum Gasteiger partial charge on any atom is -0.481 e. The van der Waals surface area contributed by atoms with Gasteiger partial charge in [-0.3, -0.25) is 9.59 Å². The zero-order chi connectivity index (χ0) is 17.4. The van der Waals surface area contributed by atoms with E-state index in [1.54, 1.807) is 15.6 Å². The van der Waals surface area contributed by atoms with E-state index >= 15 is 0 Å². The SMILES string of the molecule is Cc1ccc(-n2nc(C(=O)N3C[C@@H](C)[C@H](C(=O)O)C3)cc2C)cc1. The number of carbonyl (C=O) groups is 2. The number of likely N-dealkylation sites (tertiary alicyclic amines) is 1. The molecule has 6 nitrogen and oxygen atoms in total. The zero-order valence-electron chi connectivity index (χ0n) is 14.1. The van der Waals surface area contributed by atoms with Crippen LogP contribution in [0.3, 0.4) is 0 Å². The molecule has 0 unspecified atom stereocenters. The molecule has 0 radical (unpaired) electrons. The topological polar surface area (TPSA) is 75.4 Å². The Morgan fingerprint density at radius 3 is 2.42 bits per heavy atom. The molecule has 1 amide bonds. The van der Waals surface area contributed by atoms with Gasteiger partial charge in [0.25, 0.3) is 5.91 Å². The highest BCUT2D eigenvalue weighted by Crippen LogP contribution is 2.25. The molecular formula is C18H21N3O3. The van der Waals surface area contributed by atoms with Gasteiger partial charge in [0.05, 0.1) is 11.6 Å². The van der Waals surface area contributed by atoms with Gasteiger partial charge in [-0.15, -0.1) is 0 Å². The van der Waals surface area contributed by atoms with Crippen LogP contribution in [0.1, 0.15) is 28.7 Å². The summed E-state index contributed by atoms with van der Waals surface area (Å²) in [5.41, 5.74) is 3.27. The highest BCUT2D eigenvalue weighted by Gasteiger charge is 2.37. The zero-order valence-corrected chi connectivity index (χ0v) is 14.1. The summed E-state index contributed by atoms with van der Waals surface area (Å²) in [5.74, 6) is -1.61. The molecule has 0 aliphatic carbocycles. The number of aliphatic carboxylic acids is 1. The second-order valence-electron chi connectivity index (χ2n) is 6.55. The van der Waals surface area contributed by atoms with E-state index in [1.165, 1.54) is 0 Å². The average molecular weight is 327 g/mol.